The number of nitrogens with zero attached hydrogens (tertiary/aromatic N) is 2. The van der Waals surface area contributed by atoms with Crippen LogP contribution in [0.2, 0.25) is 0 Å². The van der Waals surface area contributed by atoms with Crippen molar-refractivity contribution in [3.63, 3.8) is 0 Å². The fourth-order valence-electron chi connectivity index (χ4n) is 3.83. The number of carbonyl (C=O) groups is 3. The van der Waals surface area contributed by atoms with E-state index in [1.165, 1.54) is 12.1 Å². The van der Waals surface area contributed by atoms with Gasteiger partial charge in [-0.1, -0.05) is 0 Å². The lowest BCUT2D eigenvalue weighted by atomic mass is 9.80. The number of amides is 3. The second-order valence-corrected chi connectivity index (χ2v) is 7.98. The Hall–Kier alpha value is -3.36. The molecule has 9 heteroatoms. The predicted octanol–water partition coefficient (Wildman–Crippen LogP) is 3.86. The summed E-state index contributed by atoms with van der Waals surface area (Å²) >= 11 is 0. The maximum absolute atomic E-state index is 13.5. The summed E-state index contributed by atoms with van der Waals surface area (Å²) in [5.41, 5.74) is -0.0523. The molecule has 1 aliphatic carbocycles. The Bertz CT molecular complexity index is 1030. The standard InChI is InChI=1S/C22H21F2N3O4/c1-14-6-11-25-18(12-14)31-16-4-2-15(3-5-16)17(28)13-27-19(29)21(26-20(27)30)7-9-22(23,24)10-8-21/h2-6,11-12H,7-10,13H2,1H3,(H,26,30). The van der Waals surface area contributed by atoms with E-state index in [1.807, 2.05) is 13.0 Å². The minimum atomic E-state index is -2.84. The third-order valence-corrected chi connectivity index (χ3v) is 5.67. The molecule has 0 unspecified atom stereocenters. The fourth-order valence-corrected chi connectivity index (χ4v) is 3.83. The lowest BCUT2D eigenvalue weighted by Gasteiger charge is -2.34. The number of Topliss-reactive ketones (excluding diaryl/α,β-unsaturated/α-hetero) is 1. The van der Waals surface area contributed by atoms with Gasteiger partial charge in [-0.3, -0.25) is 14.5 Å². The van der Waals surface area contributed by atoms with Gasteiger partial charge in [0.15, 0.2) is 5.78 Å². The quantitative estimate of drug-likeness (QED) is 0.576. The van der Waals surface area contributed by atoms with Crippen molar-refractivity contribution < 1.29 is 27.9 Å². The molecule has 3 amide bonds. The molecule has 7 nitrogen and oxygen atoms in total. The van der Waals surface area contributed by atoms with E-state index in [0.717, 1.165) is 10.5 Å². The van der Waals surface area contributed by atoms with Gasteiger partial charge in [0.25, 0.3) is 5.91 Å². The minimum Gasteiger partial charge on any atom is -0.439 e. The first-order chi connectivity index (χ1) is 14.7. The highest BCUT2D eigenvalue weighted by Gasteiger charge is 2.55. The number of ether oxygens (including phenoxy) is 1. The number of rotatable bonds is 5. The van der Waals surface area contributed by atoms with Crippen LogP contribution >= 0.6 is 0 Å². The molecular formula is C22H21F2N3O4. The molecule has 0 bridgehead atoms. The van der Waals surface area contributed by atoms with Crippen LogP contribution < -0.4 is 10.1 Å². The van der Waals surface area contributed by atoms with E-state index in [1.54, 1.807) is 24.4 Å². The highest BCUT2D eigenvalue weighted by atomic mass is 19.3. The van der Waals surface area contributed by atoms with E-state index in [0.29, 0.717) is 17.2 Å². The average molecular weight is 429 g/mol. The summed E-state index contributed by atoms with van der Waals surface area (Å²) in [7, 11) is 0. The van der Waals surface area contributed by atoms with Crippen LogP contribution in [0.4, 0.5) is 13.6 Å². The number of aromatic nitrogens is 1. The zero-order valence-corrected chi connectivity index (χ0v) is 16.9. The molecule has 2 aromatic rings. The van der Waals surface area contributed by atoms with E-state index in [2.05, 4.69) is 10.3 Å². The van der Waals surface area contributed by atoms with Gasteiger partial charge in [0.2, 0.25) is 11.8 Å². The number of carbonyl (C=O) groups excluding carboxylic acids is 3. The van der Waals surface area contributed by atoms with Crippen LogP contribution in [0.15, 0.2) is 42.6 Å². The molecule has 0 atom stereocenters. The summed E-state index contributed by atoms with van der Waals surface area (Å²) in [6.45, 7) is 1.46. The molecule has 2 heterocycles. The molecule has 1 aromatic carbocycles. The van der Waals surface area contributed by atoms with Crippen molar-refractivity contribution in [2.75, 3.05) is 6.54 Å². The van der Waals surface area contributed by atoms with Crippen molar-refractivity contribution >= 4 is 17.7 Å². The number of nitrogens with one attached hydrogen (secondary N) is 1. The number of urea groups is 1. The van der Waals surface area contributed by atoms with Gasteiger partial charge in [-0.15, -0.1) is 0 Å². The van der Waals surface area contributed by atoms with Crippen LogP contribution in [0.3, 0.4) is 0 Å². The molecule has 31 heavy (non-hydrogen) atoms. The summed E-state index contributed by atoms with van der Waals surface area (Å²) in [5, 5.41) is 2.53. The van der Waals surface area contributed by atoms with Gasteiger partial charge in [0, 0.05) is 30.7 Å². The van der Waals surface area contributed by atoms with E-state index < -0.39 is 48.6 Å². The fraction of sp³-hybridized carbons (Fsp3) is 0.364. The average Bonchev–Trinajstić information content (AvgIpc) is 2.95. The summed E-state index contributed by atoms with van der Waals surface area (Å²) < 4.78 is 32.6. The van der Waals surface area contributed by atoms with Crippen molar-refractivity contribution in [2.24, 2.45) is 0 Å². The lowest BCUT2D eigenvalue weighted by molar-refractivity contribution is -0.135. The van der Waals surface area contributed by atoms with Gasteiger partial charge in [0.05, 0.1) is 6.54 Å². The monoisotopic (exact) mass is 429 g/mol. The Morgan fingerprint density at radius 3 is 2.45 bits per heavy atom. The molecular weight excluding hydrogens is 408 g/mol. The first-order valence-electron chi connectivity index (χ1n) is 9.93. The molecule has 1 N–H and O–H groups in total. The number of imide groups is 1. The van der Waals surface area contributed by atoms with Gasteiger partial charge in [-0.25, -0.2) is 18.6 Å². The molecule has 4 rings (SSSR count). The normalized spacial score (nSPS) is 19.4. The van der Waals surface area contributed by atoms with Gasteiger partial charge in [0.1, 0.15) is 11.3 Å². The molecule has 1 spiro atoms. The number of benzene rings is 1. The molecule has 1 aliphatic heterocycles. The van der Waals surface area contributed by atoms with E-state index in [-0.39, 0.29) is 12.8 Å². The molecule has 1 aromatic heterocycles. The van der Waals surface area contributed by atoms with Crippen molar-refractivity contribution in [3.05, 3.63) is 53.7 Å². The zero-order valence-electron chi connectivity index (χ0n) is 16.9. The second-order valence-electron chi connectivity index (χ2n) is 7.98. The van der Waals surface area contributed by atoms with Crippen LogP contribution in [0.5, 0.6) is 11.6 Å². The zero-order chi connectivity index (χ0) is 22.2. The van der Waals surface area contributed by atoms with E-state index in [9.17, 15) is 23.2 Å². The van der Waals surface area contributed by atoms with Crippen LogP contribution in [0.1, 0.15) is 41.6 Å². The van der Waals surface area contributed by atoms with E-state index >= 15 is 0 Å². The van der Waals surface area contributed by atoms with Crippen molar-refractivity contribution in [1.29, 1.82) is 0 Å². The number of halogens is 2. The maximum Gasteiger partial charge on any atom is 0.325 e. The number of alkyl halides is 2. The molecule has 2 aliphatic rings. The lowest BCUT2D eigenvalue weighted by Crippen LogP contribution is -2.51. The van der Waals surface area contributed by atoms with Crippen LogP contribution in [0.25, 0.3) is 0 Å². The molecule has 1 saturated heterocycles. The maximum atomic E-state index is 13.5. The number of aryl methyl sites for hydroxylation is 1. The summed E-state index contributed by atoms with van der Waals surface area (Å²) in [6.07, 6.45) is 0.388. The van der Waals surface area contributed by atoms with Gasteiger partial charge >= 0.3 is 6.03 Å². The number of ketones is 1. The molecule has 2 fully saturated rings. The third-order valence-electron chi connectivity index (χ3n) is 5.67. The Labute approximate surface area is 177 Å². The number of pyridine rings is 1. The third kappa shape index (κ3) is 4.26. The van der Waals surface area contributed by atoms with Crippen molar-refractivity contribution in [3.8, 4) is 11.6 Å². The number of hydrogen-bond acceptors (Lipinski definition) is 5. The topological polar surface area (TPSA) is 88.6 Å². The largest absolute Gasteiger partial charge is 0.439 e. The van der Waals surface area contributed by atoms with Crippen LogP contribution in [-0.4, -0.2) is 45.6 Å². The van der Waals surface area contributed by atoms with Gasteiger partial charge in [-0.05, 0) is 55.7 Å². The molecule has 0 radical (unpaired) electrons. The Kier molecular flexibility index (Phi) is 5.20. The Morgan fingerprint density at radius 1 is 1.13 bits per heavy atom. The Morgan fingerprint density at radius 2 is 1.81 bits per heavy atom. The van der Waals surface area contributed by atoms with Gasteiger partial charge < -0.3 is 10.1 Å². The Balaban J connectivity index is 1.41. The predicted molar refractivity (Wildman–Crippen MR) is 106 cm³/mol. The summed E-state index contributed by atoms with van der Waals surface area (Å²) in [4.78, 5) is 42.6. The first-order valence-corrected chi connectivity index (χ1v) is 9.93. The van der Waals surface area contributed by atoms with Crippen LogP contribution in [0, 0.1) is 6.92 Å². The van der Waals surface area contributed by atoms with Crippen molar-refractivity contribution in [2.45, 2.75) is 44.1 Å². The molecule has 162 valence electrons. The van der Waals surface area contributed by atoms with Gasteiger partial charge in [-0.2, -0.15) is 0 Å². The number of hydrogen-bond donors (Lipinski definition) is 1. The second kappa shape index (κ2) is 7.72. The van der Waals surface area contributed by atoms with Crippen molar-refractivity contribution in [1.82, 2.24) is 15.2 Å². The smallest absolute Gasteiger partial charge is 0.325 e. The highest BCUT2D eigenvalue weighted by molar-refractivity contribution is 6.11. The van der Waals surface area contributed by atoms with Crippen LogP contribution in [-0.2, 0) is 4.79 Å². The summed E-state index contributed by atoms with van der Waals surface area (Å²) in [6, 6.07) is 9.13. The molecule has 1 saturated carbocycles. The van der Waals surface area contributed by atoms with E-state index in [4.69, 9.17) is 4.74 Å². The summed E-state index contributed by atoms with van der Waals surface area (Å²) in [5.74, 6) is -3.00. The highest BCUT2D eigenvalue weighted by Crippen LogP contribution is 2.41. The SMILES string of the molecule is Cc1ccnc(Oc2ccc(C(=O)CN3C(=O)NC4(CCC(F)(F)CC4)C3=O)cc2)c1. The minimum absolute atomic E-state index is 0.145. The first kappa shape index (κ1) is 20.9.